The smallest absolute Gasteiger partial charge is 0.379 e. The van der Waals surface area contributed by atoms with Crippen molar-refractivity contribution in [2.45, 2.75) is 25.9 Å². The number of ether oxygens (including phenoxy) is 1. The number of piperidine rings is 1. The summed E-state index contributed by atoms with van der Waals surface area (Å²) in [6, 6.07) is 3.30. The topological polar surface area (TPSA) is 58.8 Å². The minimum atomic E-state index is -4.59. The van der Waals surface area contributed by atoms with E-state index >= 15 is 0 Å². The van der Waals surface area contributed by atoms with Crippen LogP contribution in [0.1, 0.15) is 33.8 Å². The van der Waals surface area contributed by atoms with E-state index in [2.05, 4.69) is 14.6 Å². The summed E-state index contributed by atoms with van der Waals surface area (Å²) < 4.78 is 48.8. The molecule has 0 radical (unpaired) electrons. The van der Waals surface area contributed by atoms with E-state index in [-0.39, 0.29) is 17.2 Å². The zero-order chi connectivity index (χ0) is 21.3. The highest BCUT2D eigenvalue weighted by atomic mass is 32.1. The molecule has 4 heterocycles. The number of morpholine rings is 1. The van der Waals surface area contributed by atoms with Crippen LogP contribution in [0.4, 0.5) is 13.2 Å². The number of halogens is 3. The minimum Gasteiger partial charge on any atom is -0.379 e. The Balaban J connectivity index is 1.43. The lowest BCUT2D eigenvalue weighted by Crippen LogP contribution is -2.46. The lowest BCUT2D eigenvalue weighted by atomic mass is 9.97. The number of carbonyl (C=O) groups excluding carboxylic acids is 1. The number of hydrogen-bond donors (Lipinski definition) is 0. The number of likely N-dealkylation sites (tertiary alicyclic amines) is 1. The van der Waals surface area contributed by atoms with Crippen molar-refractivity contribution in [3.63, 3.8) is 0 Å². The van der Waals surface area contributed by atoms with Crippen LogP contribution < -0.4 is 0 Å². The third-order valence-corrected chi connectivity index (χ3v) is 6.74. The molecule has 0 N–H and O–H groups in total. The summed E-state index contributed by atoms with van der Waals surface area (Å²) in [6.07, 6.45) is -2.54. The van der Waals surface area contributed by atoms with E-state index in [0.29, 0.717) is 28.8 Å². The highest BCUT2D eigenvalue weighted by Gasteiger charge is 2.39. The van der Waals surface area contributed by atoms with E-state index in [0.717, 1.165) is 57.0 Å². The van der Waals surface area contributed by atoms with Crippen LogP contribution in [0.5, 0.6) is 0 Å². The quantitative estimate of drug-likeness (QED) is 0.717. The molecule has 2 aliphatic rings. The fourth-order valence-corrected chi connectivity index (χ4v) is 5.13. The molecule has 1 atom stereocenters. The van der Waals surface area contributed by atoms with Crippen molar-refractivity contribution < 1.29 is 27.2 Å². The molecule has 164 valence electrons. The van der Waals surface area contributed by atoms with Gasteiger partial charge in [0.05, 0.1) is 23.0 Å². The van der Waals surface area contributed by atoms with E-state index in [1.165, 1.54) is 6.92 Å². The van der Waals surface area contributed by atoms with Gasteiger partial charge in [-0.05, 0) is 37.8 Å². The first kappa shape index (κ1) is 21.3. The number of nitrogens with zero attached hydrogens (tertiary/aromatic N) is 3. The monoisotopic (exact) mass is 443 g/mol. The van der Waals surface area contributed by atoms with Gasteiger partial charge in [0.15, 0.2) is 0 Å². The number of aromatic nitrogens is 1. The van der Waals surface area contributed by atoms with Crippen molar-refractivity contribution in [2.75, 3.05) is 45.9 Å². The molecule has 0 bridgehead atoms. The lowest BCUT2D eigenvalue weighted by Gasteiger charge is -2.36. The van der Waals surface area contributed by atoms with Crippen molar-refractivity contribution in [1.82, 2.24) is 15.0 Å². The van der Waals surface area contributed by atoms with Gasteiger partial charge in [0, 0.05) is 38.3 Å². The molecular weight excluding hydrogens is 419 g/mol. The maximum Gasteiger partial charge on any atom is 0.452 e. The number of amides is 1. The third kappa shape index (κ3) is 4.55. The fraction of sp³-hybridized carbons (Fsp3) is 0.600. The predicted octanol–water partition coefficient (Wildman–Crippen LogP) is 3.91. The Labute approximate surface area is 176 Å². The molecule has 0 spiro atoms. The molecule has 2 aromatic heterocycles. The second-order valence-electron chi connectivity index (χ2n) is 7.82. The van der Waals surface area contributed by atoms with Crippen LogP contribution >= 0.6 is 11.3 Å². The van der Waals surface area contributed by atoms with Gasteiger partial charge in [-0.2, -0.15) is 13.2 Å². The second-order valence-corrected chi connectivity index (χ2v) is 8.90. The first-order valence-corrected chi connectivity index (χ1v) is 10.9. The molecule has 2 aliphatic heterocycles. The molecule has 10 heteroatoms. The van der Waals surface area contributed by atoms with Crippen LogP contribution in [-0.4, -0.2) is 66.8 Å². The van der Waals surface area contributed by atoms with Gasteiger partial charge < -0.3 is 14.2 Å². The largest absolute Gasteiger partial charge is 0.452 e. The van der Waals surface area contributed by atoms with E-state index in [4.69, 9.17) is 4.74 Å². The number of rotatable bonds is 4. The van der Waals surface area contributed by atoms with Crippen LogP contribution in [0.3, 0.4) is 0 Å². The molecule has 1 unspecified atom stereocenters. The summed E-state index contributed by atoms with van der Waals surface area (Å²) in [5, 5.41) is 3.59. The number of alkyl halides is 3. The Bertz CT molecular complexity index is 889. The molecule has 2 saturated heterocycles. The minimum absolute atomic E-state index is 0.0631. The molecule has 2 fully saturated rings. The molecule has 6 nitrogen and oxygen atoms in total. The van der Waals surface area contributed by atoms with Gasteiger partial charge in [-0.1, -0.05) is 5.16 Å². The highest BCUT2D eigenvalue weighted by molar-refractivity contribution is 7.17. The maximum absolute atomic E-state index is 13.0. The Hall–Kier alpha value is -1.91. The van der Waals surface area contributed by atoms with Crippen LogP contribution in [0.25, 0.3) is 10.6 Å². The van der Waals surface area contributed by atoms with E-state index in [1.54, 1.807) is 12.1 Å². The Morgan fingerprint density at radius 3 is 2.73 bits per heavy atom. The molecule has 2 aromatic rings. The first-order chi connectivity index (χ1) is 14.3. The summed E-state index contributed by atoms with van der Waals surface area (Å²) in [4.78, 5) is 18.3. The Kier molecular flexibility index (Phi) is 6.17. The summed E-state index contributed by atoms with van der Waals surface area (Å²) in [5.41, 5.74) is 0.0714. The summed E-state index contributed by atoms with van der Waals surface area (Å²) >= 11 is 1.15. The second kappa shape index (κ2) is 8.68. The van der Waals surface area contributed by atoms with Crippen molar-refractivity contribution >= 4 is 17.2 Å². The molecule has 0 saturated carbocycles. The number of thiophene rings is 1. The molecule has 0 aromatic carbocycles. The maximum atomic E-state index is 13.0. The van der Waals surface area contributed by atoms with Gasteiger partial charge in [0.25, 0.3) is 5.91 Å². The van der Waals surface area contributed by atoms with Gasteiger partial charge in [0.1, 0.15) is 5.69 Å². The van der Waals surface area contributed by atoms with E-state index in [9.17, 15) is 18.0 Å². The zero-order valence-electron chi connectivity index (χ0n) is 16.7. The third-order valence-electron chi connectivity index (χ3n) is 5.66. The SMILES string of the molecule is Cc1c(-c2ccc(C(=O)N3CCCC(CN4CCOCC4)C3)s2)noc1C(F)(F)F. The zero-order valence-corrected chi connectivity index (χ0v) is 17.5. The normalized spacial score (nSPS) is 21.2. The average Bonchev–Trinajstić information content (AvgIpc) is 3.35. The Morgan fingerprint density at radius 2 is 2.03 bits per heavy atom. The average molecular weight is 443 g/mol. The van der Waals surface area contributed by atoms with Crippen LogP contribution in [-0.2, 0) is 10.9 Å². The van der Waals surface area contributed by atoms with Gasteiger partial charge in [-0.3, -0.25) is 9.69 Å². The molecule has 30 heavy (non-hydrogen) atoms. The van der Waals surface area contributed by atoms with Crippen molar-refractivity contribution in [3.05, 3.63) is 28.3 Å². The van der Waals surface area contributed by atoms with E-state index < -0.39 is 11.9 Å². The summed E-state index contributed by atoms with van der Waals surface area (Å²) in [7, 11) is 0. The molecule has 1 amide bonds. The number of carbonyl (C=O) groups is 1. The standard InChI is InChI=1S/C20H24F3N3O3S/c1-13-17(24-29-18(13)20(21,22)23)15-4-5-16(30-15)19(27)26-6-2-3-14(12-26)11-25-7-9-28-10-8-25/h4-5,14H,2-3,6-12H2,1H3. The van der Waals surface area contributed by atoms with Gasteiger partial charge in [-0.15, -0.1) is 11.3 Å². The number of hydrogen-bond acceptors (Lipinski definition) is 6. The van der Waals surface area contributed by atoms with Crippen LogP contribution in [0.2, 0.25) is 0 Å². The van der Waals surface area contributed by atoms with E-state index in [1.807, 2.05) is 4.90 Å². The first-order valence-electron chi connectivity index (χ1n) is 10.1. The van der Waals surface area contributed by atoms with Crippen molar-refractivity contribution in [3.8, 4) is 10.6 Å². The highest BCUT2D eigenvalue weighted by Crippen LogP contribution is 2.38. The molecular formula is C20H24F3N3O3S. The van der Waals surface area contributed by atoms with Crippen LogP contribution in [0.15, 0.2) is 16.7 Å². The van der Waals surface area contributed by atoms with Crippen LogP contribution in [0, 0.1) is 12.8 Å². The van der Waals surface area contributed by atoms with Gasteiger partial charge >= 0.3 is 6.18 Å². The fourth-order valence-electron chi connectivity index (χ4n) is 4.11. The van der Waals surface area contributed by atoms with Crippen molar-refractivity contribution in [1.29, 1.82) is 0 Å². The summed E-state index contributed by atoms with van der Waals surface area (Å²) in [6.45, 7) is 7.05. The lowest BCUT2D eigenvalue weighted by molar-refractivity contribution is -0.156. The summed E-state index contributed by atoms with van der Waals surface area (Å²) in [5.74, 6) is -0.747. The molecule has 0 aliphatic carbocycles. The van der Waals surface area contributed by atoms with Gasteiger partial charge in [0.2, 0.25) is 5.76 Å². The predicted molar refractivity (Wildman–Crippen MR) is 105 cm³/mol. The molecule has 4 rings (SSSR count). The van der Waals surface area contributed by atoms with Gasteiger partial charge in [-0.25, -0.2) is 0 Å². The Morgan fingerprint density at radius 1 is 1.27 bits per heavy atom. The van der Waals surface area contributed by atoms with Crippen molar-refractivity contribution in [2.24, 2.45) is 5.92 Å².